The van der Waals surface area contributed by atoms with E-state index >= 15 is 0 Å². The van der Waals surface area contributed by atoms with Crippen molar-refractivity contribution >= 4 is 21.8 Å². The van der Waals surface area contributed by atoms with Crippen molar-refractivity contribution in [2.75, 3.05) is 0 Å². The van der Waals surface area contributed by atoms with E-state index in [4.69, 9.17) is 10.5 Å². The highest BCUT2D eigenvalue weighted by molar-refractivity contribution is 9.10. The Hall–Kier alpha value is -2.43. The topological polar surface area (TPSA) is 52.3 Å². The van der Waals surface area contributed by atoms with Gasteiger partial charge in [-0.15, -0.1) is 0 Å². The number of ether oxygens (including phenoxy) is 1. The maximum absolute atomic E-state index is 11.4. The standard InChI is InChI=1S/C22H20BrNO2/c23-20-14-18(22(24)25)11-12-19(20)21(13-16-7-3-1-4-8-16)26-15-17-9-5-2-6-10-17/h1-12,14,21H,13,15H2,(H2,24,25). The van der Waals surface area contributed by atoms with Crippen LogP contribution < -0.4 is 5.73 Å². The lowest BCUT2D eigenvalue weighted by molar-refractivity contribution is 0.0394. The fourth-order valence-electron chi connectivity index (χ4n) is 2.80. The summed E-state index contributed by atoms with van der Waals surface area (Å²) in [6, 6.07) is 25.7. The molecule has 3 aromatic rings. The molecule has 0 spiro atoms. The molecule has 3 rings (SSSR count). The first-order valence-corrected chi connectivity index (χ1v) is 9.21. The van der Waals surface area contributed by atoms with Crippen molar-refractivity contribution in [3.05, 3.63) is 106 Å². The Bertz CT molecular complexity index is 866. The summed E-state index contributed by atoms with van der Waals surface area (Å²) in [7, 11) is 0. The van der Waals surface area contributed by atoms with E-state index in [0.29, 0.717) is 12.2 Å². The van der Waals surface area contributed by atoms with Crippen LogP contribution in [0.1, 0.15) is 33.2 Å². The summed E-state index contributed by atoms with van der Waals surface area (Å²) in [5, 5.41) is 0. The third-order valence-electron chi connectivity index (χ3n) is 4.19. The largest absolute Gasteiger partial charge is 0.368 e. The number of nitrogens with two attached hydrogens (primary N) is 1. The Morgan fingerprint density at radius 3 is 2.12 bits per heavy atom. The highest BCUT2D eigenvalue weighted by Gasteiger charge is 2.17. The van der Waals surface area contributed by atoms with Crippen LogP contribution in [0.4, 0.5) is 0 Å². The van der Waals surface area contributed by atoms with Crippen LogP contribution in [-0.4, -0.2) is 5.91 Å². The average molecular weight is 410 g/mol. The van der Waals surface area contributed by atoms with Crippen LogP contribution in [0.5, 0.6) is 0 Å². The lowest BCUT2D eigenvalue weighted by Crippen LogP contribution is -2.13. The van der Waals surface area contributed by atoms with Gasteiger partial charge in [0.25, 0.3) is 0 Å². The number of carbonyl (C=O) groups is 1. The van der Waals surface area contributed by atoms with Crippen molar-refractivity contribution in [1.29, 1.82) is 0 Å². The number of primary amides is 1. The maximum atomic E-state index is 11.4. The van der Waals surface area contributed by atoms with Gasteiger partial charge in [-0.2, -0.15) is 0 Å². The molecule has 0 saturated carbocycles. The Balaban J connectivity index is 1.85. The minimum absolute atomic E-state index is 0.145. The molecule has 0 aromatic heterocycles. The molecule has 2 N–H and O–H groups in total. The highest BCUT2D eigenvalue weighted by Crippen LogP contribution is 2.30. The van der Waals surface area contributed by atoms with Crippen LogP contribution in [0.2, 0.25) is 0 Å². The van der Waals surface area contributed by atoms with E-state index in [2.05, 4.69) is 28.1 Å². The van der Waals surface area contributed by atoms with E-state index < -0.39 is 5.91 Å². The van der Waals surface area contributed by atoms with E-state index in [1.165, 1.54) is 5.56 Å². The van der Waals surface area contributed by atoms with Crippen LogP contribution in [0.3, 0.4) is 0 Å². The molecule has 0 aliphatic rings. The molecule has 0 aliphatic carbocycles. The van der Waals surface area contributed by atoms with Crippen LogP contribution >= 0.6 is 15.9 Å². The lowest BCUT2D eigenvalue weighted by atomic mass is 10.00. The Morgan fingerprint density at radius 2 is 1.54 bits per heavy atom. The third-order valence-corrected chi connectivity index (χ3v) is 4.88. The minimum Gasteiger partial charge on any atom is -0.368 e. The van der Waals surface area contributed by atoms with E-state index in [0.717, 1.165) is 22.0 Å². The summed E-state index contributed by atoms with van der Waals surface area (Å²) in [4.78, 5) is 11.4. The number of rotatable bonds is 7. The lowest BCUT2D eigenvalue weighted by Gasteiger charge is -2.20. The quantitative estimate of drug-likeness (QED) is 0.593. The predicted molar refractivity (Wildman–Crippen MR) is 107 cm³/mol. The molecule has 4 heteroatoms. The normalized spacial score (nSPS) is 11.9. The van der Waals surface area contributed by atoms with Crippen molar-refractivity contribution < 1.29 is 9.53 Å². The highest BCUT2D eigenvalue weighted by atomic mass is 79.9. The van der Waals surface area contributed by atoms with Gasteiger partial charge in [0.2, 0.25) is 5.91 Å². The van der Waals surface area contributed by atoms with Gasteiger partial charge >= 0.3 is 0 Å². The summed E-state index contributed by atoms with van der Waals surface area (Å²) in [5.74, 6) is -0.443. The number of benzene rings is 3. The van der Waals surface area contributed by atoms with Crippen LogP contribution in [0, 0.1) is 0 Å². The average Bonchev–Trinajstić information content (AvgIpc) is 2.67. The SMILES string of the molecule is NC(=O)c1ccc(C(Cc2ccccc2)OCc2ccccc2)c(Br)c1. The zero-order valence-corrected chi connectivity index (χ0v) is 15.9. The van der Waals surface area contributed by atoms with Crippen molar-refractivity contribution in [3.63, 3.8) is 0 Å². The number of amides is 1. The first-order valence-electron chi connectivity index (χ1n) is 8.42. The van der Waals surface area contributed by atoms with Gasteiger partial charge in [-0.25, -0.2) is 0 Å². The van der Waals surface area contributed by atoms with Gasteiger partial charge in [0.1, 0.15) is 0 Å². The first kappa shape index (κ1) is 18.4. The van der Waals surface area contributed by atoms with Crippen LogP contribution in [0.15, 0.2) is 83.3 Å². The maximum Gasteiger partial charge on any atom is 0.248 e. The van der Waals surface area contributed by atoms with Gasteiger partial charge in [0.15, 0.2) is 0 Å². The number of hydrogen-bond donors (Lipinski definition) is 1. The molecule has 26 heavy (non-hydrogen) atoms. The van der Waals surface area contributed by atoms with Gasteiger partial charge in [-0.3, -0.25) is 4.79 Å². The molecule has 0 saturated heterocycles. The van der Waals surface area contributed by atoms with Crippen molar-refractivity contribution in [2.45, 2.75) is 19.1 Å². The van der Waals surface area contributed by atoms with Crippen molar-refractivity contribution in [3.8, 4) is 0 Å². The van der Waals surface area contributed by atoms with Crippen molar-refractivity contribution in [2.24, 2.45) is 5.73 Å². The molecular formula is C22H20BrNO2. The molecule has 1 unspecified atom stereocenters. The second-order valence-corrected chi connectivity index (χ2v) is 6.93. The van der Waals surface area contributed by atoms with E-state index in [1.54, 1.807) is 12.1 Å². The Morgan fingerprint density at radius 1 is 0.923 bits per heavy atom. The molecule has 1 atom stereocenters. The Kier molecular flexibility index (Phi) is 6.21. The fraction of sp³-hybridized carbons (Fsp3) is 0.136. The number of halogens is 1. The monoisotopic (exact) mass is 409 g/mol. The molecule has 3 aromatic carbocycles. The first-order chi connectivity index (χ1) is 12.6. The smallest absolute Gasteiger partial charge is 0.248 e. The molecule has 0 fully saturated rings. The van der Waals surface area contributed by atoms with Gasteiger partial charge in [0.05, 0.1) is 12.7 Å². The molecule has 0 radical (unpaired) electrons. The Labute approximate surface area is 161 Å². The molecular weight excluding hydrogens is 390 g/mol. The zero-order chi connectivity index (χ0) is 18.4. The molecule has 1 amide bonds. The van der Waals surface area contributed by atoms with E-state index in [-0.39, 0.29) is 6.10 Å². The third kappa shape index (κ3) is 4.81. The van der Waals surface area contributed by atoms with Crippen LogP contribution in [-0.2, 0) is 17.8 Å². The minimum atomic E-state index is -0.443. The van der Waals surface area contributed by atoms with E-state index in [9.17, 15) is 4.79 Å². The second kappa shape index (κ2) is 8.79. The molecule has 0 bridgehead atoms. The fourth-order valence-corrected chi connectivity index (χ4v) is 3.43. The zero-order valence-electron chi connectivity index (χ0n) is 14.3. The van der Waals surface area contributed by atoms with Crippen molar-refractivity contribution in [1.82, 2.24) is 0 Å². The molecule has 0 aliphatic heterocycles. The van der Waals surface area contributed by atoms with Gasteiger partial charge in [-0.1, -0.05) is 82.7 Å². The molecule has 0 heterocycles. The van der Waals surface area contributed by atoms with Gasteiger partial charge in [0, 0.05) is 16.5 Å². The number of carbonyl (C=O) groups excluding carboxylic acids is 1. The van der Waals surface area contributed by atoms with E-state index in [1.807, 2.05) is 54.6 Å². The summed E-state index contributed by atoms with van der Waals surface area (Å²) < 4.78 is 7.08. The van der Waals surface area contributed by atoms with Gasteiger partial charge in [-0.05, 0) is 28.8 Å². The second-order valence-electron chi connectivity index (χ2n) is 6.08. The predicted octanol–water partition coefficient (Wildman–Crippen LogP) is 5.05. The van der Waals surface area contributed by atoms with Gasteiger partial charge < -0.3 is 10.5 Å². The summed E-state index contributed by atoms with van der Waals surface area (Å²) in [5.41, 5.74) is 9.16. The summed E-state index contributed by atoms with van der Waals surface area (Å²) >= 11 is 3.57. The molecule has 3 nitrogen and oxygen atoms in total. The molecule has 132 valence electrons. The number of hydrogen-bond acceptors (Lipinski definition) is 2. The van der Waals surface area contributed by atoms with Crippen LogP contribution in [0.25, 0.3) is 0 Å². The summed E-state index contributed by atoms with van der Waals surface area (Å²) in [6.07, 6.45) is 0.594. The summed E-state index contributed by atoms with van der Waals surface area (Å²) in [6.45, 7) is 0.516.